The van der Waals surface area contributed by atoms with Gasteiger partial charge in [0, 0.05) is 0 Å². The van der Waals surface area contributed by atoms with E-state index < -0.39 is 0 Å². The largest absolute Gasteiger partial charge is 0.393 e. The molecule has 5 nitrogen and oxygen atoms in total. The molecular formula is C7H11N5. The molecule has 0 aliphatic heterocycles. The Morgan fingerprint density at radius 2 is 2.17 bits per heavy atom. The Hall–Kier alpha value is -1.78. The molecule has 0 unspecified atom stereocenters. The van der Waals surface area contributed by atoms with Gasteiger partial charge in [-0.1, -0.05) is 6.08 Å². The zero-order valence-electron chi connectivity index (χ0n) is 6.78. The summed E-state index contributed by atoms with van der Waals surface area (Å²) in [7, 11) is 0. The highest BCUT2D eigenvalue weighted by Crippen LogP contribution is 2.18. The second-order valence-electron chi connectivity index (χ2n) is 2.17. The Morgan fingerprint density at radius 1 is 1.42 bits per heavy atom. The molecule has 1 heterocycles. The van der Waals surface area contributed by atoms with E-state index in [9.17, 15) is 0 Å². The van der Waals surface area contributed by atoms with Gasteiger partial charge < -0.3 is 16.8 Å². The quantitative estimate of drug-likeness (QED) is 0.596. The number of nitrogen functional groups attached to an aromatic ring is 2. The molecule has 1 rings (SSSR count). The molecule has 0 spiro atoms. The summed E-state index contributed by atoms with van der Waals surface area (Å²) in [6.45, 7) is 1.88. The van der Waals surface area contributed by atoms with E-state index in [1.807, 2.05) is 13.0 Å². The van der Waals surface area contributed by atoms with Crippen LogP contribution in [-0.2, 0) is 0 Å². The molecule has 5 heteroatoms. The molecule has 0 aliphatic rings. The van der Waals surface area contributed by atoms with E-state index in [1.165, 1.54) is 6.33 Å². The van der Waals surface area contributed by atoms with E-state index in [2.05, 4.69) is 15.3 Å². The molecule has 0 fully saturated rings. The first-order valence-corrected chi connectivity index (χ1v) is 3.49. The molecule has 1 aromatic heterocycles. The van der Waals surface area contributed by atoms with E-state index in [-0.39, 0.29) is 5.82 Å². The van der Waals surface area contributed by atoms with Crippen LogP contribution in [0.1, 0.15) is 6.92 Å². The van der Waals surface area contributed by atoms with Gasteiger partial charge in [0.05, 0.1) is 0 Å². The van der Waals surface area contributed by atoms with E-state index in [4.69, 9.17) is 11.5 Å². The first-order chi connectivity index (χ1) is 5.75. The second-order valence-corrected chi connectivity index (χ2v) is 2.17. The van der Waals surface area contributed by atoms with Crippen LogP contribution in [0, 0.1) is 0 Å². The Kier molecular flexibility index (Phi) is 2.47. The lowest BCUT2D eigenvalue weighted by atomic mass is 10.4. The van der Waals surface area contributed by atoms with Crippen molar-refractivity contribution in [3.05, 3.63) is 18.6 Å². The van der Waals surface area contributed by atoms with Gasteiger partial charge in [0.15, 0.2) is 11.6 Å². The highest BCUT2D eigenvalue weighted by atomic mass is 15.0. The van der Waals surface area contributed by atoms with Crippen LogP contribution >= 0.6 is 0 Å². The zero-order chi connectivity index (χ0) is 8.97. The van der Waals surface area contributed by atoms with Gasteiger partial charge in [-0.2, -0.15) is 0 Å². The number of hydrogen-bond donors (Lipinski definition) is 3. The van der Waals surface area contributed by atoms with Crippen molar-refractivity contribution in [2.75, 3.05) is 16.8 Å². The van der Waals surface area contributed by atoms with E-state index in [0.717, 1.165) is 0 Å². The maximum Gasteiger partial charge on any atom is 0.158 e. The van der Waals surface area contributed by atoms with Crippen molar-refractivity contribution in [3.63, 3.8) is 0 Å². The standard InChI is InChI=1S/C7H11N5/c1-2-3-10-7-5(8)6(9)11-4-12-7/h2-4H,8H2,1H3,(H3,9,10,11,12)/b3-2-. The van der Waals surface area contributed by atoms with Crippen molar-refractivity contribution in [3.8, 4) is 0 Å². The Labute approximate surface area is 70.5 Å². The average Bonchev–Trinajstić information content (AvgIpc) is 2.08. The van der Waals surface area contributed by atoms with Crippen molar-refractivity contribution in [1.82, 2.24) is 9.97 Å². The van der Waals surface area contributed by atoms with Gasteiger partial charge in [0.1, 0.15) is 12.0 Å². The van der Waals surface area contributed by atoms with Crippen LogP contribution in [0.4, 0.5) is 17.3 Å². The summed E-state index contributed by atoms with van der Waals surface area (Å²) in [4.78, 5) is 7.62. The van der Waals surface area contributed by atoms with Crippen LogP contribution in [0.15, 0.2) is 18.6 Å². The summed E-state index contributed by atoms with van der Waals surface area (Å²) in [6, 6.07) is 0. The lowest BCUT2D eigenvalue weighted by molar-refractivity contribution is 1.18. The number of allylic oxidation sites excluding steroid dienone is 1. The predicted molar refractivity (Wildman–Crippen MR) is 49.3 cm³/mol. The van der Waals surface area contributed by atoms with Crippen molar-refractivity contribution in [2.24, 2.45) is 0 Å². The number of anilines is 3. The normalized spacial score (nSPS) is 10.4. The zero-order valence-corrected chi connectivity index (χ0v) is 6.78. The molecule has 5 N–H and O–H groups in total. The van der Waals surface area contributed by atoms with Crippen molar-refractivity contribution >= 4 is 17.3 Å². The Morgan fingerprint density at radius 3 is 2.83 bits per heavy atom. The van der Waals surface area contributed by atoms with E-state index in [0.29, 0.717) is 11.5 Å². The van der Waals surface area contributed by atoms with Crippen LogP contribution in [0.25, 0.3) is 0 Å². The first-order valence-electron chi connectivity index (χ1n) is 3.49. The molecular weight excluding hydrogens is 154 g/mol. The first kappa shape index (κ1) is 8.32. The molecule has 0 radical (unpaired) electrons. The maximum atomic E-state index is 5.58. The van der Waals surface area contributed by atoms with Gasteiger partial charge in [0.2, 0.25) is 0 Å². The molecule has 0 amide bonds. The number of nitrogens with one attached hydrogen (secondary N) is 1. The summed E-state index contributed by atoms with van der Waals surface area (Å²) in [6.07, 6.45) is 4.91. The topological polar surface area (TPSA) is 89.8 Å². The lowest BCUT2D eigenvalue weighted by Gasteiger charge is -2.04. The van der Waals surface area contributed by atoms with Gasteiger partial charge in [-0.05, 0) is 13.1 Å². The minimum atomic E-state index is 0.289. The number of aromatic nitrogens is 2. The third-order valence-electron chi connectivity index (χ3n) is 1.30. The van der Waals surface area contributed by atoms with Crippen LogP contribution in [0.3, 0.4) is 0 Å². The minimum absolute atomic E-state index is 0.289. The van der Waals surface area contributed by atoms with Crippen LogP contribution in [0.2, 0.25) is 0 Å². The van der Waals surface area contributed by atoms with Gasteiger partial charge in [0.25, 0.3) is 0 Å². The maximum absolute atomic E-state index is 5.58. The fraction of sp³-hybridized carbons (Fsp3) is 0.143. The van der Waals surface area contributed by atoms with Crippen molar-refractivity contribution in [2.45, 2.75) is 6.92 Å². The van der Waals surface area contributed by atoms with E-state index in [1.54, 1.807) is 6.20 Å². The fourth-order valence-corrected chi connectivity index (χ4v) is 0.686. The molecule has 1 aromatic rings. The van der Waals surface area contributed by atoms with Crippen LogP contribution in [-0.4, -0.2) is 9.97 Å². The van der Waals surface area contributed by atoms with Crippen molar-refractivity contribution in [1.29, 1.82) is 0 Å². The third-order valence-corrected chi connectivity index (χ3v) is 1.30. The van der Waals surface area contributed by atoms with E-state index >= 15 is 0 Å². The highest BCUT2D eigenvalue weighted by Gasteiger charge is 2.01. The Bertz CT molecular complexity index is 294. The van der Waals surface area contributed by atoms with Crippen molar-refractivity contribution < 1.29 is 0 Å². The highest BCUT2D eigenvalue weighted by molar-refractivity contribution is 5.72. The summed E-state index contributed by atoms with van der Waals surface area (Å²) < 4.78 is 0. The lowest BCUT2D eigenvalue weighted by Crippen LogP contribution is -2.03. The molecule has 12 heavy (non-hydrogen) atoms. The number of rotatable bonds is 2. The van der Waals surface area contributed by atoms with Gasteiger partial charge in [-0.3, -0.25) is 0 Å². The van der Waals surface area contributed by atoms with Crippen LogP contribution < -0.4 is 16.8 Å². The smallest absolute Gasteiger partial charge is 0.158 e. The minimum Gasteiger partial charge on any atom is -0.393 e. The summed E-state index contributed by atoms with van der Waals surface area (Å²) in [5, 5.41) is 2.87. The van der Waals surface area contributed by atoms with Gasteiger partial charge >= 0.3 is 0 Å². The number of hydrogen-bond acceptors (Lipinski definition) is 5. The Balaban J connectivity index is 2.92. The molecule has 0 aromatic carbocycles. The number of nitrogens with two attached hydrogens (primary N) is 2. The molecule has 0 atom stereocenters. The molecule has 0 saturated carbocycles. The predicted octanol–water partition coefficient (Wildman–Crippen LogP) is 0.587. The summed E-state index contributed by atoms with van der Waals surface area (Å²) in [5.74, 6) is 0.817. The van der Waals surface area contributed by atoms with Crippen LogP contribution in [0.5, 0.6) is 0 Å². The fourth-order valence-electron chi connectivity index (χ4n) is 0.686. The second kappa shape index (κ2) is 3.56. The molecule has 64 valence electrons. The third kappa shape index (κ3) is 1.63. The SMILES string of the molecule is C/C=C\Nc1ncnc(N)c1N. The average molecular weight is 165 g/mol. The van der Waals surface area contributed by atoms with Gasteiger partial charge in [-0.15, -0.1) is 0 Å². The summed E-state index contributed by atoms with van der Waals surface area (Å²) >= 11 is 0. The monoisotopic (exact) mass is 165 g/mol. The molecule has 0 bridgehead atoms. The van der Waals surface area contributed by atoms with Gasteiger partial charge in [-0.25, -0.2) is 9.97 Å². The summed E-state index contributed by atoms with van der Waals surface area (Å²) in [5.41, 5.74) is 11.4. The molecule has 0 saturated heterocycles. The molecule has 0 aliphatic carbocycles. The number of nitrogens with zero attached hydrogens (tertiary/aromatic N) is 2.